The summed E-state index contributed by atoms with van der Waals surface area (Å²) in [6.07, 6.45) is 3.74. The van der Waals surface area contributed by atoms with Crippen LogP contribution in [0.1, 0.15) is 52.0 Å². The molecule has 0 heterocycles. The van der Waals surface area contributed by atoms with Gasteiger partial charge < -0.3 is 9.84 Å². The first-order valence-electron chi connectivity index (χ1n) is 6.91. The summed E-state index contributed by atoms with van der Waals surface area (Å²) in [5.74, 6) is 6.91. The van der Waals surface area contributed by atoms with E-state index in [0.29, 0.717) is 0 Å². The van der Waals surface area contributed by atoms with Crippen LogP contribution in [0.15, 0.2) is 24.3 Å². The fourth-order valence-corrected chi connectivity index (χ4v) is 2.23. The lowest BCUT2D eigenvalue weighted by atomic mass is 10.0. The van der Waals surface area contributed by atoms with Crippen molar-refractivity contribution in [2.75, 3.05) is 0 Å². The maximum absolute atomic E-state index is 10.2. The third-order valence-corrected chi connectivity index (χ3v) is 3.15. The molecule has 0 saturated heterocycles. The zero-order valence-corrected chi connectivity index (χ0v) is 12.0. The molecule has 2 rings (SSSR count). The Morgan fingerprint density at radius 1 is 1.11 bits per heavy atom. The van der Waals surface area contributed by atoms with Crippen molar-refractivity contribution in [3.05, 3.63) is 29.8 Å². The maximum Gasteiger partial charge on any atom is 0.125 e. The van der Waals surface area contributed by atoms with Gasteiger partial charge in [0.1, 0.15) is 17.0 Å². The summed E-state index contributed by atoms with van der Waals surface area (Å²) in [6, 6.07) is 7.72. The first-order chi connectivity index (χ1) is 8.86. The second-order valence-corrected chi connectivity index (χ2v) is 6.23. The quantitative estimate of drug-likeness (QED) is 0.781. The summed E-state index contributed by atoms with van der Waals surface area (Å²) in [5, 5.41) is 10.2. The summed E-state index contributed by atoms with van der Waals surface area (Å²) in [5.41, 5.74) is -0.0335. The van der Waals surface area contributed by atoms with Gasteiger partial charge in [-0.15, -0.1) is 0 Å². The molecule has 0 radical (unpaired) electrons. The number of aliphatic hydroxyl groups is 1. The predicted molar refractivity (Wildman–Crippen MR) is 77.1 cm³/mol. The molecule has 0 bridgehead atoms. The van der Waals surface area contributed by atoms with Gasteiger partial charge >= 0.3 is 0 Å². The molecule has 0 spiro atoms. The average Bonchev–Trinajstić information content (AvgIpc) is 2.74. The van der Waals surface area contributed by atoms with Crippen LogP contribution in [-0.2, 0) is 0 Å². The van der Waals surface area contributed by atoms with Crippen molar-refractivity contribution in [2.45, 2.75) is 57.7 Å². The fourth-order valence-electron chi connectivity index (χ4n) is 2.23. The van der Waals surface area contributed by atoms with Gasteiger partial charge in [-0.05, 0) is 70.7 Å². The van der Waals surface area contributed by atoms with E-state index in [0.717, 1.165) is 37.0 Å². The lowest BCUT2D eigenvalue weighted by Crippen LogP contribution is -2.22. The Hall–Kier alpha value is -1.46. The maximum atomic E-state index is 10.2. The van der Waals surface area contributed by atoms with Gasteiger partial charge in [0.25, 0.3) is 0 Å². The molecule has 1 aromatic carbocycles. The van der Waals surface area contributed by atoms with E-state index in [4.69, 9.17) is 4.74 Å². The van der Waals surface area contributed by atoms with Crippen LogP contribution < -0.4 is 4.74 Å². The summed E-state index contributed by atoms with van der Waals surface area (Å²) in [7, 11) is 0. The number of hydrogen-bond acceptors (Lipinski definition) is 2. The molecule has 102 valence electrons. The minimum Gasteiger partial charge on any atom is -0.488 e. The van der Waals surface area contributed by atoms with Gasteiger partial charge in [0.15, 0.2) is 0 Å². The SMILES string of the molecule is CC(C)(C)Oc1ccc(C#CC2(O)CCCC2)cc1. The molecule has 1 saturated carbocycles. The molecular weight excluding hydrogens is 236 g/mol. The van der Waals surface area contributed by atoms with Gasteiger partial charge in [-0.2, -0.15) is 0 Å². The zero-order chi connectivity index (χ0) is 13.9. The highest BCUT2D eigenvalue weighted by atomic mass is 16.5. The first-order valence-corrected chi connectivity index (χ1v) is 6.91. The van der Waals surface area contributed by atoms with E-state index in [1.807, 2.05) is 45.0 Å². The van der Waals surface area contributed by atoms with Crippen LogP contribution in [0.3, 0.4) is 0 Å². The second kappa shape index (κ2) is 5.27. The number of benzene rings is 1. The van der Waals surface area contributed by atoms with E-state index in [1.165, 1.54) is 0 Å². The standard InChI is InChI=1S/C17H22O2/c1-16(2,3)19-15-8-6-14(7-9-15)10-13-17(18)11-4-5-12-17/h6-9,18H,4-5,11-12H2,1-3H3. The molecule has 1 aromatic rings. The Morgan fingerprint density at radius 3 is 2.21 bits per heavy atom. The number of rotatable bonds is 1. The Kier molecular flexibility index (Phi) is 3.87. The molecule has 1 aliphatic carbocycles. The smallest absolute Gasteiger partial charge is 0.125 e. The molecule has 0 amide bonds. The van der Waals surface area contributed by atoms with Crippen LogP contribution in [0.2, 0.25) is 0 Å². The molecule has 0 atom stereocenters. The Morgan fingerprint density at radius 2 is 1.68 bits per heavy atom. The van der Waals surface area contributed by atoms with Crippen molar-refractivity contribution in [3.8, 4) is 17.6 Å². The monoisotopic (exact) mass is 258 g/mol. The number of ether oxygens (including phenoxy) is 1. The molecule has 0 unspecified atom stereocenters. The van der Waals surface area contributed by atoms with Gasteiger partial charge in [-0.25, -0.2) is 0 Å². The van der Waals surface area contributed by atoms with Crippen molar-refractivity contribution in [1.82, 2.24) is 0 Å². The second-order valence-electron chi connectivity index (χ2n) is 6.23. The molecular formula is C17H22O2. The highest BCUT2D eigenvalue weighted by molar-refractivity contribution is 5.40. The predicted octanol–water partition coefficient (Wildman–Crippen LogP) is 3.52. The van der Waals surface area contributed by atoms with Crippen molar-refractivity contribution in [1.29, 1.82) is 0 Å². The van der Waals surface area contributed by atoms with Crippen LogP contribution in [0.25, 0.3) is 0 Å². The van der Waals surface area contributed by atoms with E-state index in [-0.39, 0.29) is 5.60 Å². The van der Waals surface area contributed by atoms with Crippen LogP contribution in [0.4, 0.5) is 0 Å². The largest absolute Gasteiger partial charge is 0.488 e. The lowest BCUT2D eigenvalue weighted by Gasteiger charge is -2.21. The Bertz CT molecular complexity index is 477. The first kappa shape index (κ1) is 14.0. The summed E-state index contributed by atoms with van der Waals surface area (Å²) in [4.78, 5) is 0. The molecule has 1 N–H and O–H groups in total. The van der Waals surface area contributed by atoms with Gasteiger partial charge in [0.2, 0.25) is 0 Å². The normalized spacial score (nSPS) is 17.7. The summed E-state index contributed by atoms with van der Waals surface area (Å²) < 4.78 is 5.76. The molecule has 1 fully saturated rings. The van der Waals surface area contributed by atoms with E-state index < -0.39 is 5.60 Å². The third-order valence-electron chi connectivity index (χ3n) is 3.15. The highest BCUT2D eigenvalue weighted by Crippen LogP contribution is 2.28. The average molecular weight is 258 g/mol. The molecule has 1 aliphatic rings. The van der Waals surface area contributed by atoms with Crippen molar-refractivity contribution >= 4 is 0 Å². The minimum absolute atomic E-state index is 0.188. The zero-order valence-electron chi connectivity index (χ0n) is 12.0. The lowest BCUT2D eigenvalue weighted by molar-refractivity contribution is 0.110. The molecule has 0 aliphatic heterocycles. The van der Waals surface area contributed by atoms with E-state index in [2.05, 4.69) is 11.8 Å². The molecule has 19 heavy (non-hydrogen) atoms. The van der Waals surface area contributed by atoms with Crippen molar-refractivity contribution in [2.24, 2.45) is 0 Å². The van der Waals surface area contributed by atoms with Crippen molar-refractivity contribution in [3.63, 3.8) is 0 Å². The molecule has 2 nitrogen and oxygen atoms in total. The van der Waals surface area contributed by atoms with Gasteiger partial charge in [-0.1, -0.05) is 11.8 Å². The van der Waals surface area contributed by atoms with E-state index in [9.17, 15) is 5.11 Å². The van der Waals surface area contributed by atoms with Gasteiger partial charge in [0.05, 0.1) is 0 Å². The Balaban J connectivity index is 2.05. The fraction of sp³-hybridized carbons (Fsp3) is 0.529. The van der Waals surface area contributed by atoms with Crippen LogP contribution >= 0.6 is 0 Å². The minimum atomic E-state index is -0.763. The molecule has 2 heteroatoms. The van der Waals surface area contributed by atoms with Crippen molar-refractivity contribution < 1.29 is 9.84 Å². The Labute approximate surface area is 115 Å². The number of hydrogen-bond donors (Lipinski definition) is 1. The highest BCUT2D eigenvalue weighted by Gasteiger charge is 2.28. The van der Waals surface area contributed by atoms with Gasteiger partial charge in [-0.3, -0.25) is 0 Å². The van der Waals surface area contributed by atoms with Crippen LogP contribution in [-0.4, -0.2) is 16.3 Å². The van der Waals surface area contributed by atoms with Gasteiger partial charge in [0, 0.05) is 5.56 Å². The summed E-state index contributed by atoms with van der Waals surface area (Å²) >= 11 is 0. The third kappa shape index (κ3) is 4.29. The van der Waals surface area contributed by atoms with E-state index >= 15 is 0 Å². The van der Waals surface area contributed by atoms with Crippen LogP contribution in [0.5, 0.6) is 5.75 Å². The molecule has 0 aromatic heterocycles. The van der Waals surface area contributed by atoms with E-state index in [1.54, 1.807) is 0 Å². The summed E-state index contributed by atoms with van der Waals surface area (Å²) in [6.45, 7) is 6.07. The topological polar surface area (TPSA) is 29.5 Å². The van der Waals surface area contributed by atoms with Crippen LogP contribution in [0, 0.1) is 11.8 Å².